The van der Waals surface area contributed by atoms with Crippen LogP contribution in [-0.2, 0) is 4.79 Å². The fourth-order valence-corrected chi connectivity index (χ4v) is 1.68. The number of carbonyl (C=O) groups is 1. The van der Waals surface area contributed by atoms with Crippen LogP contribution in [0.4, 0.5) is 10.1 Å². The second-order valence-electron chi connectivity index (χ2n) is 3.60. The summed E-state index contributed by atoms with van der Waals surface area (Å²) < 4.78 is 18.1. The summed E-state index contributed by atoms with van der Waals surface area (Å²) in [6.07, 6.45) is 0.158. The summed E-state index contributed by atoms with van der Waals surface area (Å²) in [7, 11) is 1.20. The van der Waals surface area contributed by atoms with Crippen molar-refractivity contribution >= 4 is 11.7 Å². The molecule has 6 nitrogen and oxygen atoms in total. The van der Waals surface area contributed by atoms with Crippen LogP contribution in [0.1, 0.15) is 24.8 Å². The SMILES string of the molecule is CCC(C(=O)O)c1cc(OC)c(F)cc1[N+](=O)[O-]. The quantitative estimate of drug-likeness (QED) is 0.645. The molecule has 7 heteroatoms. The van der Waals surface area contributed by atoms with Gasteiger partial charge in [0, 0.05) is 5.56 Å². The second kappa shape index (κ2) is 5.44. The molecule has 0 fully saturated rings. The van der Waals surface area contributed by atoms with Crippen LogP contribution in [0.25, 0.3) is 0 Å². The highest BCUT2D eigenvalue weighted by Gasteiger charge is 2.28. The van der Waals surface area contributed by atoms with Crippen molar-refractivity contribution in [2.75, 3.05) is 7.11 Å². The number of aliphatic carboxylic acids is 1. The van der Waals surface area contributed by atoms with Crippen LogP contribution in [0.5, 0.6) is 5.75 Å². The number of nitro groups is 1. The third-order valence-electron chi connectivity index (χ3n) is 2.58. The molecule has 1 N–H and O–H groups in total. The Kier molecular flexibility index (Phi) is 4.19. The van der Waals surface area contributed by atoms with Crippen molar-refractivity contribution < 1.29 is 24.0 Å². The number of benzene rings is 1. The minimum atomic E-state index is -1.20. The molecule has 0 spiro atoms. The van der Waals surface area contributed by atoms with Crippen molar-refractivity contribution in [3.8, 4) is 5.75 Å². The van der Waals surface area contributed by atoms with Crippen molar-refractivity contribution in [3.05, 3.63) is 33.6 Å². The van der Waals surface area contributed by atoms with E-state index < -0.39 is 28.3 Å². The number of nitrogens with zero attached hydrogens (tertiary/aromatic N) is 1. The van der Waals surface area contributed by atoms with E-state index in [1.54, 1.807) is 6.92 Å². The van der Waals surface area contributed by atoms with Gasteiger partial charge in [-0.15, -0.1) is 0 Å². The van der Waals surface area contributed by atoms with Crippen LogP contribution in [0.3, 0.4) is 0 Å². The average Bonchev–Trinajstić information content (AvgIpc) is 2.30. The van der Waals surface area contributed by atoms with Gasteiger partial charge >= 0.3 is 5.97 Å². The summed E-state index contributed by atoms with van der Waals surface area (Å²) in [6.45, 7) is 1.58. The first-order valence-corrected chi connectivity index (χ1v) is 5.17. The van der Waals surface area contributed by atoms with Gasteiger partial charge in [-0.25, -0.2) is 4.39 Å². The van der Waals surface area contributed by atoms with Gasteiger partial charge in [-0.1, -0.05) is 6.92 Å². The Morgan fingerprint density at radius 2 is 2.22 bits per heavy atom. The Morgan fingerprint density at radius 3 is 2.61 bits per heavy atom. The molecule has 0 aliphatic heterocycles. The van der Waals surface area contributed by atoms with Crippen molar-refractivity contribution in [1.29, 1.82) is 0 Å². The molecule has 1 rings (SSSR count). The Morgan fingerprint density at radius 1 is 1.61 bits per heavy atom. The summed E-state index contributed by atoms with van der Waals surface area (Å²) in [5.74, 6) is -3.38. The molecule has 0 aromatic heterocycles. The number of nitro benzene ring substituents is 1. The number of rotatable bonds is 5. The number of hydrogen-bond acceptors (Lipinski definition) is 4. The molecule has 0 amide bonds. The van der Waals surface area contributed by atoms with Gasteiger partial charge in [0.25, 0.3) is 5.69 Å². The van der Waals surface area contributed by atoms with Crippen LogP contribution in [0.2, 0.25) is 0 Å². The lowest BCUT2D eigenvalue weighted by molar-refractivity contribution is -0.385. The largest absolute Gasteiger partial charge is 0.494 e. The van der Waals surface area contributed by atoms with Crippen molar-refractivity contribution in [2.24, 2.45) is 0 Å². The van der Waals surface area contributed by atoms with E-state index in [1.807, 2.05) is 0 Å². The monoisotopic (exact) mass is 257 g/mol. The molecule has 1 atom stereocenters. The molecule has 0 bridgehead atoms. The molecule has 0 saturated carbocycles. The third-order valence-corrected chi connectivity index (χ3v) is 2.58. The van der Waals surface area contributed by atoms with Gasteiger partial charge < -0.3 is 9.84 Å². The molecule has 0 saturated heterocycles. The molecule has 98 valence electrons. The Labute approximate surface area is 102 Å². The van der Waals surface area contributed by atoms with Gasteiger partial charge in [0.15, 0.2) is 11.6 Å². The number of carboxylic acid groups (broad SMARTS) is 1. The summed E-state index contributed by atoms with van der Waals surface area (Å²) >= 11 is 0. The number of hydrogen-bond donors (Lipinski definition) is 1. The van der Waals surface area contributed by atoms with E-state index in [0.29, 0.717) is 6.07 Å². The van der Waals surface area contributed by atoms with Crippen LogP contribution in [-0.4, -0.2) is 23.1 Å². The van der Waals surface area contributed by atoms with E-state index in [2.05, 4.69) is 0 Å². The van der Waals surface area contributed by atoms with Gasteiger partial charge in [-0.05, 0) is 12.5 Å². The van der Waals surface area contributed by atoms with Gasteiger partial charge in [0.1, 0.15) is 0 Å². The van der Waals surface area contributed by atoms with Crippen molar-refractivity contribution in [2.45, 2.75) is 19.3 Å². The minimum absolute atomic E-state index is 0.0618. The molecule has 0 aliphatic carbocycles. The number of methoxy groups -OCH3 is 1. The number of halogens is 1. The summed E-state index contributed by atoms with van der Waals surface area (Å²) in [5, 5.41) is 19.8. The van der Waals surface area contributed by atoms with Crippen LogP contribution >= 0.6 is 0 Å². The summed E-state index contributed by atoms with van der Waals surface area (Å²) in [6, 6.07) is 1.75. The maximum atomic E-state index is 13.4. The van der Waals surface area contributed by atoms with Crippen molar-refractivity contribution in [3.63, 3.8) is 0 Å². The zero-order valence-corrected chi connectivity index (χ0v) is 9.84. The molecule has 0 heterocycles. The van der Waals surface area contributed by atoms with E-state index in [1.165, 1.54) is 7.11 Å². The highest BCUT2D eigenvalue weighted by Crippen LogP contribution is 2.34. The fraction of sp³-hybridized carbons (Fsp3) is 0.364. The highest BCUT2D eigenvalue weighted by atomic mass is 19.1. The topological polar surface area (TPSA) is 89.7 Å². The van der Waals surface area contributed by atoms with Gasteiger partial charge in [0.2, 0.25) is 0 Å². The molecule has 1 aromatic carbocycles. The van der Waals surface area contributed by atoms with Gasteiger partial charge in [-0.2, -0.15) is 0 Å². The van der Waals surface area contributed by atoms with E-state index in [4.69, 9.17) is 9.84 Å². The minimum Gasteiger partial charge on any atom is -0.494 e. The number of ether oxygens (including phenoxy) is 1. The zero-order valence-electron chi connectivity index (χ0n) is 9.84. The van der Waals surface area contributed by atoms with Crippen LogP contribution in [0, 0.1) is 15.9 Å². The van der Waals surface area contributed by atoms with E-state index >= 15 is 0 Å². The highest BCUT2D eigenvalue weighted by molar-refractivity contribution is 5.78. The van der Waals surface area contributed by atoms with E-state index in [0.717, 1.165) is 6.07 Å². The first-order valence-electron chi connectivity index (χ1n) is 5.17. The maximum Gasteiger partial charge on any atom is 0.311 e. The molecule has 1 unspecified atom stereocenters. The smallest absolute Gasteiger partial charge is 0.311 e. The van der Waals surface area contributed by atoms with Crippen LogP contribution < -0.4 is 4.74 Å². The molecule has 1 aromatic rings. The first kappa shape index (κ1) is 13.9. The van der Waals surface area contributed by atoms with Gasteiger partial charge in [-0.3, -0.25) is 14.9 Å². The number of carboxylic acids is 1. The molecular formula is C11H12FNO5. The Balaban J connectivity index is 3.47. The maximum absolute atomic E-state index is 13.4. The standard InChI is InChI=1S/C11H12FNO5/c1-3-6(11(14)15)7-4-10(18-2)8(12)5-9(7)13(16)17/h4-6H,3H2,1-2H3,(H,14,15). The second-order valence-corrected chi connectivity index (χ2v) is 3.60. The summed E-state index contributed by atoms with van der Waals surface area (Å²) in [5.41, 5.74) is -0.615. The van der Waals surface area contributed by atoms with Crippen LogP contribution in [0.15, 0.2) is 12.1 Å². The van der Waals surface area contributed by atoms with Gasteiger partial charge in [0.05, 0.1) is 24.0 Å². The molecule has 0 aliphatic rings. The molecule has 0 radical (unpaired) electrons. The lowest BCUT2D eigenvalue weighted by Crippen LogP contribution is -2.13. The predicted octanol–water partition coefficient (Wildman–Crippen LogP) is 2.32. The Bertz CT molecular complexity index is 489. The van der Waals surface area contributed by atoms with E-state index in [9.17, 15) is 19.3 Å². The molecular weight excluding hydrogens is 245 g/mol. The zero-order chi connectivity index (χ0) is 13.9. The predicted molar refractivity (Wildman–Crippen MR) is 60.3 cm³/mol. The van der Waals surface area contributed by atoms with E-state index in [-0.39, 0.29) is 17.7 Å². The summed E-state index contributed by atoms with van der Waals surface area (Å²) in [4.78, 5) is 21.1. The first-order chi connectivity index (χ1) is 8.42. The Hall–Kier alpha value is -2.18. The molecule has 18 heavy (non-hydrogen) atoms. The average molecular weight is 257 g/mol. The third kappa shape index (κ3) is 2.55. The normalized spacial score (nSPS) is 11.9. The lowest BCUT2D eigenvalue weighted by Gasteiger charge is -2.12. The fourth-order valence-electron chi connectivity index (χ4n) is 1.68. The van der Waals surface area contributed by atoms with Crippen molar-refractivity contribution in [1.82, 2.24) is 0 Å². The lowest BCUT2D eigenvalue weighted by atomic mass is 9.94.